The lowest BCUT2D eigenvalue weighted by Gasteiger charge is -2.17. The van der Waals surface area contributed by atoms with Crippen LogP contribution >= 0.6 is 0 Å². The molecule has 2 heterocycles. The number of rotatable bonds is 4. The van der Waals surface area contributed by atoms with E-state index in [0.29, 0.717) is 12.3 Å². The molecule has 19 heavy (non-hydrogen) atoms. The first-order chi connectivity index (χ1) is 9.25. The first-order valence-electron chi connectivity index (χ1n) is 7.55. The van der Waals surface area contributed by atoms with Gasteiger partial charge in [0, 0.05) is 24.6 Å². The molecule has 3 rings (SSSR count). The minimum absolute atomic E-state index is 0.227. The number of aliphatic carboxylic acids is 1. The summed E-state index contributed by atoms with van der Waals surface area (Å²) in [5.74, 6) is 1.08. The van der Waals surface area contributed by atoms with Gasteiger partial charge in [-0.25, -0.2) is 4.98 Å². The van der Waals surface area contributed by atoms with E-state index < -0.39 is 5.97 Å². The molecule has 0 unspecified atom stereocenters. The Labute approximate surface area is 113 Å². The molecule has 0 amide bonds. The third-order valence-corrected chi connectivity index (χ3v) is 4.53. The Balaban J connectivity index is 1.91. The van der Waals surface area contributed by atoms with Crippen LogP contribution in [0.5, 0.6) is 0 Å². The monoisotopic (exact) mass is 262 g/mol. The first-order valence-corrected chi connectivity index (χ1v) is 7.55. The quantitative estimate of drug-likeness (QED) is 0.907. The van der Waals surface area contributed by atoms with Crippen molar-refractivity contribution in [1.82, 2.24) is 9.55 Å². The number of carboxylic acid groups (broad SMARTS) is 1. The summed E-state index contributed by atoms with van der Waals surface area (Å²) in [5.41, 5.74) is 2.46. The molecular formula is C15H22N2O2. The van der Waals surface area contributed by atoms with Crippen LogP contribution in [0.3, 0.4) is 0 Å². The second-order valence-corrected chi connectivity index (χ2v) is 5.84. The average molecular weight is 262 g/mol. The highest BCUT2D eigenvalue weighted by molar-refractivity contribution is 5.67. The van der Waals surface area contributed by atoms with Crippen LogP contribution in [-0.4, -0.2) is 20.6 Å². The zero-order chi connectivity index (χ0) is 13.2. The summed E-state index contributed by atoms with van der Waals surface area (Å²) < 4.78 is 2.32. The van der Waals surface area contributed by atoms with Crippen LogP contribution in [0.1, 0.15) is 68.1 Å². The zero-order valence-electron chi connectivity index (χ0n) is 11.4. The van der Waals surface area contributed by atoms with Gasteiger partial charge in [-0.2, -0.15) is 0 Å². The number of carbonyl (C=O) groups is 1. The van der Waals surface area contributed by atoms with Crippen molar-refractivity contribution in [2.45, 2.75) is 70.3 Å². The molecule has 2 aliphatic rings. The molecule has 0 spiro atoms. The van der Waals surface area contributed by atoms with Gasteiger partial charge in [0.25, 0.3) is 0 Å². The Kier molecular flexibility index (Phi) is 3.58. The van der Waals surface area contributed by atoms with Gasteiger partial charge in [-0.15, -0.1) is 0 Å². The highest BCUT2D eigenvalue weighted by atomic mass is 16.4. The molecule has 0 aromatic carbocycles. The van der Waals surface area contributed by atoms with E-state index in [9.17, 15) is 4.79 Å². The van der Waals surface area contributed by atoms with Crippen LogP contribution in [0.2, 0.25) is 0 Å². The Hall–Kier alpha value is -1.32. The third kappa shape index (κ3) is 2.53. The Bertz CT molecular complexity index is 473. The van der Waals surface area contributed by atoms with Gasteiger partial charge in [-0.3, -0.25) is 4.79 Å². The van der Waals surface area contributed by atoms with Crippen LogP contribution < -0.4 is 0 Å². The summed E-state index contributed by atoms with van der Waals surface area (Å²) in [4.78, 5) is 15.7. The second kappa shape index (κ2) is 5.35. The number of nitrogens with zero attached hydrogens (tertiary/aromatic N) is 2. The fraction of sp³-hybridized carbons (Fsp3) is 0.733. The van der Waals surface area contributed by atoms with E-state index in [-0.39, 0.29) is 6.42 Å². The zero-order valence-corrected chi connectivity index (χ0v) is 11.4. The van der Waals surface area contributed by atoms with Gasteiger partial charge in [-0.1, -0.05) is 12.8 Å². The van der Waals surface area contributed by atoms with Crippen molar-refractivity contribution < 1.29 is 9.90 Å². The van der Waals surface area contributed by atoms with E-state index >= 15 is 0 Å². The van der Waals surface area contributed by atoms with Gasteiger partial charge in [0.05, 0.1) is 12.1 Å². The molecule has 1 fully saturated rings. The van der Waals surface area contributed by atoms with Crippen molar-refractivity contribution in [2.75, 3.05) is 0 Å². The standard InChI is InChI=1S/C15H22N2O2/c18-14(19)9-8-12-15(11-5-1-2-6-11)16-13-7-3-4-10-17(12)13/h11H,1-10H2,(H,18,19). The van der Waals surface area contributed by atoms with Gasteiger partial charge in [-0.05, 0) is 32.1 Å². The number of fused-ring (bicyclic) bond motifs is 1. The molecule has 0 saturated heterocycles. The van der Waals surface area contributed by atoms with Crippen molar-refractivity contribution in [2.24, 2.45) is 0 Å². The van der Waals surface area contributed by atoms with E-state index in [2.05, 4.69) is 4.57 Å². The van der Waals surface area contributed by atoms with E-state index in [4.69, 9.17) is 10.1 Å². The summed E-state index contributed by atoms with van der Waals surface area (Å²) >= 11 is 0. The van der Waals surface area contributed by atoms with Gasteiger partial charge >= 0.3 is 5.97 Å². The fourth-order valence-corrected chi connectivity index (χ4v) is 3.58. The average Bonchev–Trinajstić information content (AvgIpc) is 3.03. The molecule has 1 saturated carbocycles. The normalized spacial score (nSPS) is 19.6. The highest BCUT2D eigenvalue weighted by Crippen LogP contribution is 2.37. The lowest BCUT2D eigenvalue weighted by molar-refractivity contribution is -0.137. The summed E-state index contributed by atoms with van der Waals surface area (Å²) in [6.45, 7) is 1.03. The second-order valence-electron chi connectivity index (χ2n) is 5.84. The molecule has 1 aliphatic carbocycles. The number of imidazole rings is 1. The van der Waals surface area contributed by atoms with Gasteiger partial charge < -0.3 is 9.67 Å². The number of aromatic nitrogens is 2. The highest BCUT2D eigenvalue weighted by Gasteiger charge is 2.27. The number of hydrogen-bond acceptors (Lipinski definition) is 2. The smallest absolute Gasteiger partial charge is 0.303 e. The summed E-state index contributed by atoms with van der Waals surface area (Å²) in [6, 6.07) is 0. The topological polar surface area (TPSA) is 55.1 Å². The summed E-state index contributed by atoms with van der Waals surface area (Å²) in [6.07, 6.45) is 9.42. The lowest BCUT2D eigenvalue weighted by atomic mass is 10.00. The lowest BCUT2D eigenvalue weighted by Crippen LogP contribution is -2.14. The van der Waals surface area contributed by atoms with E-state index in [1.807, 2.05) is 0 Å². The predicted molar refractivity (Wildman–Crippen MR) is 72.3 cm³/mol. The molecule has 1 aliphatic heterocycles. The van der Waals surface area contributed by atoms with Crippen molar-refractivity contribution in [3.8, 4) is 0 Å². The molecule has 1 N–H and O–H groups in total. The SMILES string of the molecule is O=C(O)CCc1c(C2CCCC2)nc2n1CCCC2. The molecule has 4 heteroatoms. The van der Waals surface area contributed by atoms with Crippen LogP contribution in [-0.2, 0) is 24.2 Å². The maximum absolute atomic E-state index is 10.9. The molecule has 1 aromatic rings. The van der Waals surface area contributed by atoms with E-state index in [1.54, 1.807) is 0 Å². The maximum Gasteiger partial charge on any atom is 0.303 e. The molecule has 1 aromatic heterocycles. The van der Waals surface area contributed by atoms with Crippen molar-refractivity contribution in [3.05, 3.63) is 17.2 Å². The number of hydrogen-bond donors (Lipinski definition) is 1. The van der Waals surface area contributed by atoms with E-state index in [0.717, 1.165) is 13.0 Å². The third-order valence-electron chi connectivity index (χ3n) is 4.53. The minimum Gasteiger partial charge on any atom is -0.481 e. The van der Waals surface area contributed by atoms with Crippen LogP contribution in [0.15, 0.2) is 0 Å². The van der Waals surface area contributed by atoms with Crippen molar-refractivity contribution in [1.29, 1.82) is 0 Å². The molecular weight excluding hydrogens is 240 g/mol. The van der Waals surface area contributed by atoms with E-state index in [1.165, 1.54) is 55.7 Å². The largest absolute Gasteiger partial charge is 0.481 e. The predicted octanol–water partition coefficient (Wildman–Crippen LogP) is 2.89. The van der Waals surface area contributed by atoms with Crippen molar-refractivity contribution >= 4 is 5.97 Å². The molecule has 0 radical (unpaired) electrons. The van der Waals surface area contributed by atoms with Crippen molar-refractivity contribution in [3.63, 3.8) is 0 Å². The first kappa shape index (κ1) is 12.7. The summed E-state index contributed by atoms with van der Waals surface area (Å²) in [5, 5.41) is 8.94. The number of aryl methyl sites for hydroxylation is 1. The Morgan fingerprint density at radius 3 is 2.79 bits per heavy atom. The summed E-state index contributed by atoms with van der Waals surface area (Å²) in [7, 11) is 0. The minimum atomic E-state index is -0.705. The molecule has 4 nitrogen and oxygen atoms in total. The van der Waals surface area contributed by atoms with Gasteiger partial charge in [0.1, 0.15) is 5.82 Å². The molecule has 104 valence electrons. The Morgan fingerprint density at radius 1 is 1.26 bits per heavy atom. The maximum atomic E-state index is 10.9. The van der Waals surface area contributed by atoms with Gasteiger partial charge in [0.15, 0.2) is 0 Å². The molecule has 0 bridgehead atoms. The fourth-order valence-electron chi connectivity index (χ4n) is 3.58. The van der Waals surface area contributed by atoms with Crippen LogP contribution in [0, 0.1) is 0 Å². The van der Waals surface area contributed by atoms with Crippen LogP contribution in [0.25, 0.3) is 0 Å². The Morgan fingerprint density at radius 2 is 2.05 bits per heavy atom. The van der Waals surface area contributed by atoms with Crippen LogP contribution in [0.4, 0.5) is 0 Å². The number of carboxylic acids is 1. The molecule has 0 atom stereocenters. The van der Waals surface area contributed by atoms with Gasteiger partial charge in [0.2, 0.25) is 0 Å².